The van der Waals surface area contributed by atoms with Crippen molar-refractivity contribution in [2.45, 2.75) is 30.5 Å². The lowest BCUT2D eigenvalue weighted by Gasteiger charge is -2.31. The van der Waals surface area contributed by atoms with Crippen molar-refractivity contribution in [3.05, 3.63) is 54.4 Å². The Labute approximate surface area is 200 Å². The summed E-state index contributed by atoms with van der Waals surface area (Å²) in [5.41, 5.74) is 9.16. The van der Waals surface area contributed by atoms with Gasteiger partial charge in [-0.25, -0.2) is 9.67 Å². The third-order valence-electron chi connectivity index (χ3n) is 6.37. The van der Waals surface area contributed by atoms with Crippen molar-refractivity contribution in [1.82, 2.24) is 29.4 Å². The summed E-state index contributed by atoms with van der Waals surface area (Å²) in [6, 6.07) is 11.9. The Morgan fingerprint density at radius 3 is 2.59 bits per heavy atom. The van der Waals surface area contributed by atoms with Crippen molar-refractivity contribution in [3.63, 3.8) is 0 Å². The number of rotatable bonds is 8. The number of aryl methyl sites for hydroxylation is 2. The van der Waals surface area contributed by atoms with Gasteiger partial charge < -0.3 is 14.9 Å². The number of nitrogen functional groups attached to an aromatic ring is 1. The standard InChI is InChI=1S/C21H25B4N7O2/c22-19(23)21(24,25)34-13-7-5-12(6-8-13)3-1-9-31-17-14(11-27-31)18-28-16(15-4-2-10-33-15)30-32(18)20(26)29-17/h2,4-8,10-11,19H,1,3,9,22-25H2,(H2,26,29). The second kappa shape index (κ2) is 8.62. The summed E-state index contributed by atoms with van der Waals surface area (Å²) in [6.45, 7) is 0.712. The fraction of sp³-hybridized carbons (Fsp3) is 0.238. The number of ether oxygens (including phenoxy) is 1. The van der Waals surface area contributed by atoms with Crippen LogP contribution in [0, 0.1) is 0 Å². The molecule has 4 heterocycles. The molecule has 0 bridgehead atoms. The SMILES string of the molecule is BC(B)C(B)(B)Oc1ccc(CCCn2ncc3c2nc(N)n2nc(-c4ccco4)nc32)cc1. The van der Waals surface area contributed by atoms with Gasteiger partial charge in [-0.15, -0.1) is 5.10 Å². The molecule has 0 saturated carbocycles. The number of furan rings is 1. The lowest BCUT2D eigenvalue weighted by atomic mass is 9.45. The minimum atomic E-state index is -0.202. The third-order valence-corrected chi connectivity index (χ3v) is 6.37. The van der Waals surface area contributed by atoms with Gasteiger partial charge in [-0.1, -0.05) is 17.8 Å². The molecular weight excluding hydrogens is 426 g/mol. The summed E-state index contributed by atoms with van der Waals surface area (Å²) in [4.78, 5) is 9.14. The van der Waals surface area contributed by atoms with Gasteiger partial charge in [0, 0.05) is 11.9 Å². The van der Waals surface area contributed by atoms with E-state index in [1.165, 1.54) is 10.1 Å². The van der Waals surface area contributed by atoms with Crippen molar-refractivity contribution in [2.24, 2.45) is 0 Å². The number of hydrogen-bond donors (Lipinski definition) is 1. The Kier molecular flexibility index (Phi) is 5.63. The maximum Gasteiger partial charge on any atom is 0.225 e. The molecule has 9 nitrogen and oxygen atoms in total. The van der Waals surface area contributed by atoms with E-state index in [0.29, 0.717) is 35.1 Å². The number of nitrogens with zero attached hydrogens (tertiary/aromatic N) is 6. The van der Waals surface area contributed by atoms with Gasteiger partial charge >= 0.3 is 0 Å². The lowest BCUT2D eigenvalue weighted by Crippen LogP contribution is -2.42. The van der Waals surface area contributed by atoms with Crippen molar-refractivity contribution < 1.29 is 9.15 Å². The molecule has 0 unspecified atom stereocenters. The number of fused-ring (bicyclic) bond motifs is 3. The maximum atomic E-state index is 6.18. The minimum Gasteiger partial charge on any atom is -0.507 e. The van der Waals surface area contributed by atoms with E-state index in [4.69, 9.17) is 14.9 Å². The van der Waals surface area contributed by atoms with Gasteiger partial charge in [0.05, 0.1) is 33.5 Å². The molecule has 0 radical (unpaired) electrons. The highest BCUT2D eigenvalue weighted by Crippen LogP contribution is 2.24. The number of nitrogens with two attached hydrogens (primary N) is 1. The highest BCUT2D eigenvalue weighted by molar-refractivity contribution is 6.50. The van der Waals surface area contributed by atoms with Gasteiger partial charge in [0.2, 0.25) is 11.8 Å². The molecule has 0 aliphatic heterocycles. The van der Waals surface area contributed by atoms with Crippen molar-refractivity contribution in [1.29, 1.82) is 0 Å². The van der Waals surface area contributed by atoms with Crippen LogP contribution in [-0.4, -0.2) is 66.1 Å². The molecule has 13 heteroatoms. The number of anilines is 1. The van der Waals surface area contributed by atoms with E-state index in [9.17, 15) is 0 Å². The van der Waals surface area contributed by atoms with E-state index in [0.717, 1.165) is 24.0 Å². The molecule has 4 aromatic heterocycles. The monoisotopic (exact) mass is 451 g/mol. The van der Waals surface area contributed by atoms with Crippen LogP contribution in [0.5, 0.6) is 5.75 Å². The first-order valence-electron chi connectivity index (χ1n) is 11.5. The summed E-state index contributed by atoms with van der Waals surface area (Å²) < 4.78 is 15.0. The van der Waals surface area contributed by atoms with E-state index in [-0.39, 0.29) is 11.3 Å². The molecule has 0 spiro atoms. The van der Waals surface area contributed by atoms with Crippen LogP contribution in [-0.2, 0) is 13.0 Å². The molecule has 168 valence electrons. The normalized spacial score (nSPS) is 12.1. The number of aromatic nitrogens is 6. The smallest absolute Gasteiger partial charge is 0.225 e. The van der Waals surface area contributed by atoms with Crippen LogP contribution in [0.3, 0.4) is 0 Å². The molecule has 34 heavy (non-hydrogen) atoms. The fourth-order valence-electron chi connectivity index (χ4n) is 3.71. The van der Waals surface area contributed by atoms with E-state index in [2.05, 4.69) is 63.7 Å². The molecule has 0 aliphatic rings. The highest BCUT2D eigenvalue weighted by atomic mass is 16.5. The van der Waals surface area contributed by atoms with E-state index in [1.54, 1.807) is 18.5 Å². The molecule has 0 atom stereocenters. The number of benzene rings is 1. The topological polar surface area (TPSA) is 109 Å². The van der Waals surface area contributed by atoms with Crippen molar-refractivity contribution >= 4 is 54.0 Å². The summed E-state index contributed by atoms with van der Waals surface area (Å²) in [5.74, 6) is 2.19. The van der Waals surface area contributed by atoms with E-state index >= 15 is 0 Å². The molecule has 1 aromatic carbocycles. The number of hydrogen-bond acceptors (Lipinski definition) is 7. The second-order valence-corrected chi connectivity index (χ2v) is 9.33. The van der Waals surface area contributed by atoms with Crippen LogP contribution in [0.2, 0.25) is 5.72 Å². The van der Waals surface area contributed by atoms with Gasteiger partial charge in [-0.05, 0) is 42.7 Å². The van der Waals surface area contributed by atoms with Gasteiger partial charge in [0.1, 0.15) is 21.4 Å². The van der Waals surface area contributed by atoms with Gasteiger partial charge in [0.25, 0.3) is 0 Å². The zero-order chi connectivity index (χ0) is 23.9. The Morgan fingerprint density at radius 1 is 1.09 bits per heavy atom. The predicted octanol–water partition coefficient (Wildman–Crippen LogP) is -0.740. The first-order valence-corrected chi connectivity index (χ1v) is 11.5. The van der Waals surface area contributed by atoms with E-state index < -0.39 is 0 Å². The van der Waals surface area contributed by atoms with Crippen molar-refractivity contribution in [3.8, 4) is 17.3 Å². The minimum absolute atomic E-state index is 0.202. The van der Waals surface area contributed by atoms with Gasteiger partial charge in [-0.3, -0.25) is 0 Å². The average molecular weight is 451 g/mol. The molecular formula is C21H25B4N7O2. The first kappa shape index (κ1) is 22.2. The van der Waals surface area contributed by atoms with Crippen LogP contribution in [0.15, 0.2) is 53.3 Å². The van der Waals surface area contributed by atoms with E-state index in [1.807, 2.05) is 22.9 Å². The Morgan fingerprint density at radius 2 is 1.88 bits per heavy atom. The summed E-state index contributed by atoms with van der Waals surface area (Å²) in [7, 11) is 8.57. The zero-order valence-corrected chi connectivity index (χ0v) is 19.9. The molecule has 5 aromatic rings. The van der Waals surface area contributed by atoms with Crippen LogP contribution in [0.4, 0.5) is 5.95 Å². The molecule has 0 amide bonds. The Balaban J connectivity index is 1.29. The maximum absolute atomic E-state index is 6.18. The predicted molar refractivity (Wildman–Crippen MR) is 142 cm³/mol. The second-order valence-electron chi connectivity index (χ2n) is 9.33. The molecule has 0 fully saturated rings. The van der Waals surface area contributed by atoms with Crippen molar-refractivity contribution in [2.75, 3.05) is 5.73 Å². The summed E-state index contributed by atoms with van der Waals surface area (Å²) in [6.07, 6.45) is 5.18. The Bertz CT molecular complexity index is 1430. The van der Waals surface area contributed by atoms with Crippen LogP contribution < -0.4 is 10.5 Å². The fourth-order valence-corrected chi connectivity index (χ4v) is 3.71. The summed E-state index contributed by atoms with van der Waals surface area (Å²) >= 11 is 0. The Hall–Kier alpha value is -3.62. The quantitative estimate of drug-likeness (QED) is 0.310. The third kappa shape index (κ3) is 4.18. The summed E-state index contributed by atoms with van der Waals surface area (Å²) in [5, 5.41) is 9.56. The van der Waals surface area contributed by atoms with Gasteiger partial charge in [0.15, 0.2) is 17.1 Å². The largest absolute Gasteiger partial charge is 0.507 e. The molecule has 5 rings (SSSR count). The van der Waals surface area contributed by atoms with Gasteiger partial charge in [-0.2, -0.15) is 14.6 Å². The zero-order valence-electron chi connectivity index (χ0n) is 19.9. The first-order chi connectivity index (χ1) is 16.3. The average Bonchev–Trinajstić information content (AvgIpc) is 3.54. The van der Waals surface area contributed by atoms with Crippen LogP contribution >= 0.6 is 0 Å². The van der Waals surface area contributed by atoms with Crippen LogP contribution in [0.25, 0.3) is 28.3 Å². The molecule has 2 N–H and O–H groups in total. The van der Waals surface area contributed by atoms with Crippen LogP contribution in [0.1, 0.15) is 12.0 Å². The molecule has 0 aliphatic carbocycles. The highest BCUT2D eigenvalue weighted by Gasteiger charge is 2.24. The molecule has 0 saturated heterocycles. The lowest BCUT2D eigenvalue weighted by molar-refractivity contribution is 0.252.